The fourth-order valence-electron chi connectivity index (χ4n) is 3.22. The summed E-state index contributed by atoms with van der Waals surface area (Å²) in [6.07, 6.45) is 2.85. The van der Waals surface area contributed by atoms with E-state index < -0.39 is 0 Å². The summed E-state index contributed by atoms with van der Waals surface area (Å²) in [7, 11) is 0. The molecule has 1 fully saturated rings. The zero-order valence-corrected chi connectivity index (χ0v) is 16.5. The second kappa shape index (κ2) is 8.31. The van der Waals surface area contributed by atoms with Gasteiger partial charge in [0.2, 0.25) is 0 Å². The number of pyridine rings is 1. The Morgan fingerprint density at radius 3 is 2.36 bits per heavy atom. The highest BCUT2D eigenvalue weighted by molar-refractivity contribution is 6.31. The molecule has 0 bridgehead atoms. The zero-order valence-electron chi connectivity index (χ0n) is 15.0. The third-order valence-electron chi connectivity index (χ3n) is 4.75. The lowest BCUT2D eigenvalue weighted by atomic mass is 10.00. The Morgan fingerprint density at radius 2 is 1.68 bits per heavy atom. The Hall–Kier alpha value is -2.40. The van der Waals surface area contributed by atoms with E-state index in [9.17, 15) is 4.79 Å². The van der Waals surface area contributed by atoms with Gasteiger partial charge >= 0.3 is 0 Å². The van der Waals surface area contributed by atoms with Crippen molar-refractivity contribution in [2.24, 2.45) is 0 Å². The zero-order chi connectivity index (χ0) is 19.5. The Labute approximate surface area is 173 Å². The SMILES string of the molecule is O=C(c1ccncc1)N1CC(OC(c2ccc(Cl)cc2)c2ccccc2Cl)C1. The van der Waals surface area contributed by atoms with Crippen LogP contribution in [0.2, 0.25) is 10.0 Å². The summed E-state index contributed by atoms with van der Waals surface area (Å²) in [5.74, 6) is -0.0111. The van der Waals surface area contributed by atoms with Gasteiger partial charge in [-0.2, -0.15) is 0 Å². The molecular weight excluding hydrogens is 395 g/mol. The second-order valence-corrected chi connectivity index (χ2v) is 7.50. The molecule has 142 valence electrons. The monoisotopic (exact) mass is 412 g/mol. The van der Waals surface area contributed by atoms with Gasteiger partial charge in [0.05, 0.1) is 6.10 Å². The van der Waals surface area contributed by atoms with Gasteiger partial charge in [-0.25, -0.2) is 0 Å². The highest BCUT2D eigenvalue weighted by Crippen LogP contribution is 2.34. The molecule has 1 amide bonds. The van der Waals surface area contributed by atoms with Crippen molar-refractivity contribution in [2.75, 3.05) is 13.1 Å². The first-order chi connectivity index (χ1) is 13.6. The minimum Gasteiger partial charge on any atom is -0.362 e. The quantitative estimate of drug-likeness (QED) is 0.590. The summed E-state index contributed by atoms with van der Waals surface area (Å²) in [5, 5.41) is 1.31. The number of benzene rings is 2. The van der Waals surface area contributed by atoms with Gasteiger partial charge in [0.1, 0.15) is 6.10 Å². The molecule has 3 aromatic rings. The van der Waals surface area contributed by atoms with Crippen molar-refractivity contribution in [3.63, 3.8) is 0 Å². The number of aromatic nitrogens is 1. The Balaban J connectivity index is 1.49. The summed E-state index contributed by atoms with van der Waals surface area (Å²) in [4.78, 5) is 18.2. The van der Waals surface area contributed by atoms with Crippen molar-refractivity contribution in [2.45, 2.75) is 12.2 Å². The second-order valence-electron chi connectivity index (χ2n) is 6.66. The Bertz CT molecular complexity index is 958. The number of halogens is 2. The average Bonchev–Trinajstić information content (AvgIpc) is 2.69. The van der Waals surface area contributed by atoms with Crippen molar-refractivity contribution >= 4 is 29.1 Å². The van der Waals surface area contributed by atoms with Crippen LogP contribution in [0, 0.1) is 0 Å². The molecule has 0 spiro atoms. The first kappa shape index (κ1) is 18.9. The molecule has 28 heavy (non-hydrogen) atoms. The summed E-state index contributed by atoms with van der Waals surface area (Å²) in [5.41, 5.74) is 2.50. The van der Waals surface area contributed by atoms with E-state index in [1.165, 1.54) is 0 Å². The van der Waals surface area contributed by atoms with Gasteiger partial charge in [-0.1, -0.05) is 53.5 Å². The first-order valence-electron chi connectivity index (χ1n) is 8.96. The molecule has 1 aliphatic heterocycles. The minimum absolute atomic E-state index is 0.0111. The Morgan fingerprint density at radius 1 is 1.00 bits per heavy atom. The predicted octanol–water partition coefficient (Wildman–Crippen LogP) is 5.02. The third kappa shape index (κ3) is 4.04. The van der Waals surface area contributed by atoms with E-state index in [1.54, 1.807) is 29.4 Å². The number of nitrogens with zero attached hydrogens (tertiary/aromatic N) is 2. The molecule has 2 aromatic carbocycles. The molecule has 1 unspecified atom stereocenters. The molecule has 1 atom stereocenters. The number of hydrogen-bond donors (Lipinski definition) is 0. The summed E-state index contributed by atoms with van der Waals surface area (Å²) >= 11 is 12.5. The van der Waals surface area contributed by atoms with Crippen LogP contribution in [0.15, 0.2) is 73.1 Å². The van der Waals surface area contributed by atoms with Crippen molar-refractivity contribution in [3.8, 4) is 0 Å². The molecule has 1 aromatic heterocycles. The highest BCUT2D eigenvalue weighted by Gasteiger charge is 2.34. The van der Waals surface area contributed by atoms with E-state index >= 15 is 0 Å². The third-order valence-corrected chi connectivity index (χ3v) is 5.35. The fourth-order valence-corrected chi connectivity index (χ4v) is 3.58. The van der Waals surface area contributed by atoms with Crippen LogP contribution in [0.4, 0.5) is 0 Å². The lowest BCUT2D eigenvalue weighted by Gasteiger charge is -2.41. The molecule has 0 saturated carbocycles. The molecule has 4 rings (SSSR count). The predicted molar refractivity (Wildman–Crippen MR) is 110 cm³/mol. The van der Waals surface area contributed by atoms with Gasteiger partial charge < -0.3 is 9.64 Å². The molecule has 2 heterocycles. The molecule has 0 radical (unpaired) electrons. The van der Waals surface area contributed by atoms with Crippen molar-refractivity contribution in [1.82, 2.24) is 9.88 Å². The number of carbonyl (C=O) groups excluding carboxylic acids is 1. The normalized spacial score (nSPS) is 15.1. The van der Waals surface area contributed by atoms with E-state index in [0.29, 0.717) is 28.7 Å². The van der Waals surface area contributed by atoms with Crippen LogP contribution in [-0.4, -0.2) is 35.0 Å². The smallest absolute Gasteiger partial charge is 0.254 e. The number of likely N-dealkylation sites (tertiary alicyclic amines) is 1. The van der Waals surface area contributed by atoms with Crippen LogP contribution in [0.5, 0.6) is 0 Å². The van der Waals surface area contributed by atoms with Crippen LogP contribution in [0.1, 0.15) is 27.6 Å². The van der Waals surface area contributed by atoms with Gasteiger partial charge in [0, 0.05) is 46.7 Å². The van der Waals surface area contributed by atoms with E-state index in [4.69, 9.17) is 27.9 Å². The van der Waals surface area contributed by atoms with Crippen LogP contribution in [0.3, 0.4) is 0 Å². The van der Waals surface area contributed by atoms with Gasteiger partial charge in [0.25, 0.3) is 5.91 Å². The molecule has 6 heteroatoms. The first-order valence-corrected chi connectivity index (χ1v) is 9.72. The molecular formula is C22H18Cl2N2O2. The largest absolute Gasteiger partial charge is 0.362 e. The van der Waals surface area contributed by atoms with Crippen LogP contribution in [0.25, 0.3) is 0 Å². The maximum Gasteiger partial charge on any atom is 0.254 e. The van der Waals surface area contributed by atoms with E-state index in [2.05, 4.69) is 4.98 Å². The van der Waals surface area contributed by atoms with Crippen LogP contribution >= 0.6 is 23.2 Å². The van der Waals surface area contributed by atoms with Crippen LogP contribution in [-0.2, 0) is 4.74 Å². The summed E-state index contributed by atoms with van der Waals surface area (Å²) in [6, 6.07) is 18.6. The number of hydrogen-bond acceptors (Lipinski definition) is 3. The summed E-state index contributed by atoms with van der Waals surface area (Å²) in [6.45, 7) is 1.07. The molecule has 0 aliphatic carbocycles. The maximum atomic E-state index is 12.5. The topological polar surface area (TPSA) is 42.4 Å². The number of amides is 1. The lowest BCUT2D eigenvalue weighted by Crippen LogP contribution is -2.55. The van der Waals surface area contributed by atoms with E-state index in [1.807, 2.05) is 48.5 Å². The van der Waals surface area contributed by atoms with Crippen molar-refractivity contribution in [3.05, 3.63) is 99.8 Å². The van der Waals surface area contributed by atoms with Crippen molar-refractivity contribution in [1.29, 1.82) is 0 Å². The highest BCUT2D eigenvalue weighted by atomic mass is 35.5. The molecule has 1 saturated heterocycles. The van der Waals surface area contributed by atoms with Crippen LogP contribution < -0.4 is 0 Å². The Kier molecular flexibility index (Phi) is 5.62. The van der Waals surface area contributed by atoms with E-state index in [0.717, 1.165) is 11.1 Å². The number of ether oxygens (including phenoxy) is 1. The average molecular weight is 413 g/mol. The lowest BCUT2D eigenvalue weighted by molar-refractivity contribution is -0.0688. The minimum atomic E-state index is -0.325. The van der Waals surface area contributed by atoms with E-state index in [-0.39, 0.29) is 18.1 Å². The van der Waals surface area contributed by atoms with Gasteiger partial charge in [-0.15, -0.1) is 0 Å². The molecule has 4 nitrogen and oxygen atoms in total. The number of carbonyl (C=O) groups is 1. The van der Waals surface area contributed by atoms with Gasteiger partial charge in [-0.05, 0) is 35.9 Å². The fraction of sp³-hybridized carbons (Fsp3) is 0.182. The van der Waals surface area contributed by atoms with Crippen molar-refractivity contribution < 1.29 is 9.53 Å². The standard InChI is InChI=1S/C22H18Cl2N2O2/c23-17-7-5-15(6-8-17)21(19-3-1-2-4-20(19)24)28-18-13-26(14-18)22(27)16-9-11-25-12-10-16/h1-12,18,21H,13-14H2. The maximum absolute atomic E-state index is 12.5. The van der Waals surface area contributed by atoms with Gasteiger partial charge in [0.15, 0.2) is 0 Å². The number of rotatable bonds is 5. The molecule has 0 N–H and O–H groups in total. The van der Waals surface area contributed by atoms with Gasteiger partial charge in [-0.3, -0.25) is 9.78 Å². The summed E-state index contributed by atoms with van der Waals surface area (Å²) < 4.78 is 6.36. The molecule has 1 aliphatic rings.